The second-order valence-corrected chi connectivity index (χ2v) is 4.15. The zero-order valence-corrected chi connectivity index (χ0v) is 7.84. The lowest BCUT2D eigenvalue weighted by Crippen LogP contribution is -2.18. The van der Waals surface area contributed by atoms with Crippen molar-refractivity contribution in [1.29, 1.82) is 0 Å². The van der Waals surface area contributed by atoms with Crippen LogP contribution in [0.4, 0.5) is 0 Å². The van der Waals surface area contributed by atoms with Crippen molar-refractivity contribution in [1.82, 2.24) is 0 Å². The first kappa shape index (κ1) is 9.09. The maximum absolute atomic E-state index is 3.85. The van der Waals surface area contributed by atoms with E-state index in [9.17, 15) is 0 Å². The smallest absolute Gasteiger partial charge is 0.0355 e. The van der Waals surface area contributed by atoms with Gasteiger partial charge in [-0.25, -0.2) is 0 Å². The third-order valence-electron chi connectivity index (χ3n) is 3.09. The molecule has 64 valence electrons. The molecule has 0 aromatic rings. The summed E-state index contributed by atoms with van der Waals surface area (Å²) in [5.41, 5.74) is 0. The molecule has 1 aliphatic carbocycles. The zero-order chi connectivity index (χ0) is 8.27. The Labute approximate surface area is 71.4 Å². The van der Waals surface area contributed by atoms with E-state index in [1.54, 1.807) is 0 Å². The summed E-state index contributed by atoms with van der Waals surface area (Å²) < 4.78 is 0. The molecule has 0 atom stereocenters. The summed E-state index contributed by atoms with van der Waals surface area (Å²) >= 11 is 0. The van der Waals surface area contributed by atoms with Crippen LogP contribution < -0.4 is 0 Å². The molecular formula is C11H20. The second-order valence-electron chi connectivity index (χ2n) is 4.15. The van der Waals surface area contributed by atoms with E-state index < -0.39 is 0 Å². The molecule has 0 heteroatoms. The Morgan fingerprint density at radius 1 is 1.18 bits per heavy atom. The monoisotopic (exact) mass is 152 g/mol. The average molecular weight is 152 g/mol. The van der Waals surface area contributed by atoms with Crippen LogP contribution in [0, 0.1) is 31.1 Å². The van der Waals surface area contributed by atoms with Crippen molar-refractivity contribution < 1.29 is 0 Å². The van der Waals surface area contributed by atoms with Gasteiger partial charge >= 0.3 is 0 Å². The Hall–Kier alpha value is 0. The lowest BCUT2D eigenvalue weighted by molar-refractivity contribution is 0.242. The van der Waals surface area contributed by atoms with Crippen LogP contribution in [0.25, 0.3) is 0 Å². The third kappa shape index (κ3) is 2.50. The molecule has 1 rings (SSSR count). The Morgan fingerprint density at radius 3 is 2.09 bits per heavy atom. The van der Waals surface area contributed by atoms with Crippen LogP contribution in [0.2, 0.25) is 0 Å². The molecule has 11 heavy (non-hydrogen) atoms. The minimum Gasteiger partial charge on any atom is -0.0625 e. The van der Waals surface area contributed by atoms with E-state index in [-0.39, 0.29) is 0 Å². The molecule has 0 aromatic carbocycles. The number of hydrogen-bond acceptors (Lipinski definition) is 0. The summed E-state index contributed by atoms with van der Waals surface area (Å²) in [4.78, 5) is 0. The molecule has 0 unspecified atom stereocenters. The predicted molar refractivity (Wildman–Crippen MR) is 49.9 cm³/mol. The third-order valence-corrected chi connectivity index (χ3v) is 3.09. The molecule has 1 saturated carbocycles. The maximum Gasteiger partial charge on any atom is -0.0355 e. The van der Waals surface area contributed by atoms with Crippen LogP contribution in [0.5, 0.6) is 0 Å². The first-order valence-electron chi connectivity index (χ1n) is 4.86. The van der Waals surface area contributed by atoms with Crippen molar-refractivity contribution in [2.24, 2.45) is 17.8 Å². The highest BCUT2D eigenvalue weighted by atomic mass is 14.3. The first-order valence-corrected chi connectivity index (χ1v) is 4.86. The normalized spacial score (nSPS) is 32.7. The van der Waals surface area contributed by atoms with E-state index in [4.69, 9.17) is 0 Å². The lowest BCUT2D eigenvalue weighted by atomic mass is 9.76. The highest BCUT2D eigenvalue weighted by Gasteiger charge is 2.21. The van der Waals surface area contributed by atoms with E-state index in [0.29, 0.717) is 0 Å². The molecule has 0 bridgehead atoms. The van der Waals surface area contributed by atoms with E-state index in [1.807, 2.05) is 0 Å². The van der Waals surface area contributed by atoms with Crippen molar-refractivity contribution >= 4 is 0 Å². The SMILES string of the molecule is [CH2][CH]C1CCC(C(C)C)CC1. The maximum atomic E-state index is 3.85. The Balaban J connectivity index is 2.24. The molecule has 0 heterocycles. The van der Waals surface area contributed by atoms with Gasteiger partial charge in [-0.3, -0.25) is 0 Å². The van der Waals surface area contributed by atoms with Gasteiger partial charge in [-0.05, 0) is 56.8 Å². The molecule has 1 fully saturated rings. The molecule has 0 saturated heterocycles. The van der Waals surface area contributed by atoms with Crippen LogP contribution in [0.3, 0.4) is 0 Å². The van der Waals surface area contributed by atoms with E-state index in [0.717, 1.165) is 17.8 Å². The van der Waals surface area contributed by atoms with Gasteiger partial charge in [0.05, 0.1) is 0 Å². The minimum absolute atomic E-state index is 0.824. The highest BCUT2D eigenvalue weighted by Crippen LogP contribution is 2.33. The zero-order valence-electron chi connectivity index (χ0n) is 7.84. The van der Waals surface area contributed by atoms with Gasteiger partial charge < -0.3 is 0 Å². The summed E-state index contributed by atoms with van der Waals surface area (Å²) in [7, 11) is 0. The lowest BCUT2D eigenvalue weighted by Gasteiger charge is -2.29. The van der Waals surface area contributed by atoms with Crippen LogP contribution in [0.1, 0.15) is 39.5 Å². The number of rotatable bonds is 2. The van der Waals surface area contributed by atoms with Gasteiger partial charge in [0.2, 0.25) is 0 Å². The largest absolute Gasteiger partial charge is 0.0625 e. The standard InChI is InChI=1S/C11H20/c1-4-10-5-7-11(8-6-10)9(2)3/h4,9-11H,1,5-8H2,2-3H3. The fraction of sp³-hybridized carbons (Fsp3) is 0.818. The fourth-order valence-corrected chi connectivity index (χ4v) is 2.05. The van der Waals surface area contributed by atoms with Gasteiger partial charge in [-0.15, -0.1) is 0 Å². The predicted octanol–water partition coefficient (Wildman–Crippen LogP) is 3.49. The van der Waals surface area contributed by atoms with Crippen molar-refractivity contribution in [3.63, 3.8) is 0 Å². The van der Waals surface area contributed by atoms with E-state index >= 15 is 0 Å². The molecule has 1 aliphatic rings. The van der Waals surface area contributed by atoms with Crippen molar-refractivity contribution in [2.45, 2.75) is 39.5 Å². The summed E-state index contributed by atoms with van der Waals surface area (Å²) in [5, 5.41) is 0. The van der Waals surface area contributed by atoms with Crippen LogP contribution in [-0.4, -0.2) is 0 Å². The highest BCUT2D eigenvalue weighted by molar-refractivity contribution is 4.84. The van der Waals surface area contributed by atoms with Crippen LogP contribution >= 0.6 is 0 Å². The molecule has 0 spiro atoms. The Kier molecular flexibility index (Phi) is 3.42. The first-order chi connectivity index (χ1) is 5.24. The summed E-state index contributed by atoms with van der Waals surface area (Å²) in [6.45, 7) is 8.55. The van der Waals surface area contributed by atoms with Gasteiger partial charge in [0.1, 0.15) is 0 Å². The fourth-order valence-electron chi connectivity index (χ4n) is 2.05. The van der Waals surface area contributed by atoms with Gasteiger partial charge in [0, 0.05) is 0 Å². The van der Waals surface area contributed by atoms with Gasteiger partial charge in [0.25, 0.3) is 0 Å². The van der Waals surface area contributed by atoms with E-state index in [1.165, 1.54) is 25.7 Å². The molecule has 2 radical (unpaired) electrons. The summed E-state index contributed by atoms with van der Waals surface area (Å²) in [6, 6.07) is 0. The quantitative estimate of drug-likeness (QED) is 0.568. The van der Waals surface area contributed by atoms with Crippen LogP contribution in [0.15, 0.2) is 0 Å². The molecular weight excluding hydrogens is 132 g/mol. The molecule has 0 N–H and O–H groups in total. The average Bonchev–Trinajstić information content (AvgIpc) is 2.05. The van der Waals surface area contributed by atoms with E-state index in [2.05, 4.69) is 27.2 Å². The van der Waals surface area contributed by atoms with Gasteiger partial charge in [-0.2, -0.15) is 0 Å². The van der Waals surface area contributed by atoms with Crippen molar-refractivity contribution in [3.8, 4) is 0 Å². The molecule has 0 amide bonds. The van der Waals surface area contributed by atoms with Crippen molar-refractivity contribution in [3.05, 3.63) is 13.3 Å². The van der Waals surface area contributed by atoms with Crippen molar-refractivity contribution in [2.75, 3.05) is 0 Å². The molecule has 0 aliphatic heterocycles. The summed E-state index contributed by atoms with van der Waals surface area (Å²) in [5.74, 6) is 2.71. The minimum atomic E-state index is 0.824. The second kappa shape index (κ2) is 4.13. The number of hydrogen-bond donors (Lipinski definition) is 0. The Bertz CT molecular complexity index is 96.6. The molecule has 0 nitrogen and oxygen atoms in total. The molecule has 0 aromatic heterocycles. The topological polar surface area (TPSA) is 0 Å². The summed E-state index contributed by atoms with van der Waals surface area (Å²) in [6.07, 6.45) is 7.75. The van der Waals surface area contributed by atoms with Crippen LogP contribution in [-0.2, 0) is 0 Å². The van der Waals surface area contributed by atoms with Gasteiger partial charge in [0.15, 0.2) is 0 Å². The van der Waals surface area contributed by atoms with Gasteiger partial charge in [-0.1, -0.05) is 13.8 Å². The Morgan fingerprint density at radius 2 is 1.73 bits per heavy atom.